The monoisotopic (exact) mass is 282 g/mol. The van der Waals surface area contributed by atoms with E-state index in [0.29, 0.717) is 0 Å². The van der Waals surface area contributed by atoms with Crippen molar-refractivity contribution in [2.24, 2.45) is 5.73 Å². The van der Waals surface area contributed by atoms with E-state index in [4.69, 9.17) is 5.73 Å². The molecule has 2 rings (SSSR count). The molecule has 0 radical (unpaired) electrons. The third kappa shape index (κ3) is 5.04. The molecule has 3 N–H and O–H groups in total. The minimum absolute atomic E-state index is 0.0298. The average molecular weight is 282 g/mol. The van der Waals surface area contributed by atoms with E-state index in [2.05, 4.69) is 29.6 Å². The lowest BCUT2D eigenvalue weighted by molar-refractivity contribution is -0.120. The van der Waals surface area contributed by atoms with E-state index in [1.807, 2.05) is 36.4 Å². The molecule has 0 saturated carbocycles. The normalized spacial score (nSPS) is 11.9. The summed E-state index contributed by atoms with van der Waals surface area (Å²) in [6.45, 7) is 0.0298. The van der Waals surface area contributed by atoms with Crippen molar-refractivity contribution in [2.45, 2.75) is 25.3 Å². The quantitative estimate of drug-likeness (QED) is 0.820. The van der Waals surface area contributed by atoms with Gasteiger partial charge in [0.2, 0.25) is 5.91 Å². The van der Waals surface area contributed by atoms with E-state index in [0.717, 1.165) is 24.8 Å². The van der Waals surface area contributed by atoms with Gasteiger partial charge in [0.25, 0.3) is 0 Å². The van der Waals surface area contributed by atoms with Crippen LogP contribution in [0.25, 0.3) is 0 Å². The highest BCUT2D eigenvalue weighted by atomic mass is 16.1. The van der Waals surface area contributed by atoms with E-state index < -0.39 is 0 Å². The molecule has 1 unspecified atom stereocenters. The molecule has 21 heavy (non-hydrogen) atoms. The van der Waals surface area contributed by atoms with Crippen LogP contribution < -0.4 is 11.1 Å². The molecule has 0 aliphatic rings. The zero-order valence-electron chi connectivity index (χ0n) is 12.2. The number of rotatable bonds is 7. The summed E-state index contributed by atoms with van der Waals surface area (Å²) >= 11 is 0. The van der Waals surface area contributed by atoms with Gasteiger partial charge in [-0.2, -0.15) is 0 Å². The summed E-state index contributed by atoms with van der Waals surface area (Å²) in [7, 11) is 0. The lowest BCUT2D eigenvalue weighted by Gasteiger charge is -2.19. The maximum Gasteiger partial charge on any atom is 0.234 e. The topological polar surface area (TPSA) is 55.1 Å². The van der Waals surface area contributed by atoms with Gasteiger partial charge in [0.15, 0.2) is 0 Å². The Morgan fingerprint density at radius 2 is 1.62 bits per heavy atom. The Balaban J connectivity index is 1.94. The summed E-state index contributed by atoms with van der Waals surface area (Å²) in [5.74, 6) is -0.108. The molecular weight excluding hydrogens is 260 g/mol. The minimum Gasteiger partial charge on any atom is -0.348 e. The van der Waals surface area contributed by atoms with Crippen LogP contribution >= 0.6 is 0 Å². The first kappa shape index (κ1) is 15.3. The highest BCUT2D eigenvalue weighted by Crippen LogP contribution is 2.19. The maximum absolute atomic E-state index is 11.6. The van der Waals surface area contributed by atoms with Gasteiger partial charge >= 0.3 is 0 Å². The number of hydrogen-bond donors (Lipinski definition) is 2. The summed E-state index contributed by atoms with van der Waals surface area (Å²) in [5.41, 5.74) is 7.87. The van der Waals surface area contributed by atoms with Crippen LogP contribution in [0.4, 0.5) is 0 Å². The van der Waals surface area contributed by atoms with Crippen molar-refractivity contribution in [3.8, 4) is 0 Å². The molecule has 0 aromatic heterocycles. The molecule has 0 saturated heterocycles. The molecule has 0 bridgehead atoms. The van der Waals surface area contributed by atoms with Crippen molar-refractivity contribution in [2.75, 3.05) is 6.54 Å². The highest BCUT2D eigenvalue weighted by molar-refractivity contribution is 5.78. The number of hydrogen-bond acceptors (Lipinski definition) is 2. The number of benzene rings is 2. The summed E-state index contributed by atoms with van der Waals surface area (Å²) in [6.07, 6.45) is 2.95. The SMILES string of the molecule is NCC(=O)NC(CCCc1ccccc1)c1ccccc1. The van der Waals surface area contributed by atoms with Gasteiger partial charge in [0, 0.05) is 0 Å². The molecule has 1 amide bonds. The van der Waals surface area contributed by atoms with Crippen LogP contribution in [0.1, 0.15) is 30.0 Å². The Morgan fingerprint density at radius 3 is 2.24 bits per heavy atom. The fraction of sp³-hybridized carbons (Fsp3) is 0.278. The molecule has 0 fully saturated rings. The molecule has 3 heteroatoms. The van der Waals surface area contributed by atoms with Crippen LogP contribution in [0.3, 0.4) is 0 Å². The lowest BCUT2D eigenvalue weighted by Crippen LogP contribution is -2.33. The molecule has 3 nitrogen and oxygen atoms in total. The molecule has 110 valence electrons. The second kappa shape index (κ2) is 8.22. The summed E-state index contributed by atoms with van der Waals surface area (Å²) in [5, 5.41) is 3.01. The van der Waals surface area contributed by atoms with Crippen LogP contribution in [0.2, 0.25) is 0 Å². The van der Waals surface area contributed by atoms with Gasteiger partial charge in [-0.15, -0.1) is 0 Å². The number of amides is 1. The van der Waals surface area contributed by atoms with Gasteiger partial charge in [0.1, 0.15) is 0 Å². The Kier molecular flexibility index (Phi) is 5.98. The number of aryl methyl sites for hydroxylation is 1. The minimum atomic E-state index is -0.108. The lowest BCUT2D eigenvalue weighted by atomic mass is 9.99. The van der Waals surface area contributed by atoms with Gasteiger partial charge in [0.05, 0.1) is 12.6 Å². The zero-order chi connectivity index (χ0) is 14.9. The average Bonchev–Trinajstić information content (AvgIpc) is 2.55. The standard InChI is InChI=1S/C18H22N2O/c19-14-18(21)20-17(16-11-5-2-6-12-16)13-7-10-15-8-3-1-4-9-15/h1-6,8-9,11-12,17H,7,10,13-14,19H2,(H,20,21). The van der Waals surface area contributed by atoms with Crippen LogP contribution in [-0.4, -0.2) is 12.5 Å². The summed E-state index contributed by atoms with van der Waals surface area (Å²) < 4.78 is 0. The highest BCUT2D eigenvalue weighted by Gasteiger charge is 2.13. The smallest absolute Gasteiger partial charge is 0.234 e. The predicted molar refractivity (Wildman–Crippen MR) is 85.8 cm³/mol. The fourth-order valence-corrected chi connectivity index (χ4v) is 2.42. The molecule has 0 spiro atoms. The van der Waals surface area contributed by atoms with E-state index in [1.54, 1.807) is 0 Å². The largest absolute Gasteiger partial charge is 0.348 e. The molecule has 1 atom stereocenters. The Hall–Kier alpha value is -2.13. The van der Waals surface area contributed by atoms with Crippen LogP contribution in [0.5, 0.6) is 0 Å². The molecule has 2 aromatic rings. The second-order valence-corrected chi connectivity index (χ2v) is 5.11. The number of carbonyl (C=O) groups is 1. The van der Waals surface area contributed by atoms with Crippen molar-refractivity contribution in [1.82, 2.24) is 5.32 Å². The Labute approximate surface area is 126 Å². The van der Waals surface area contributed by atoms with E-state index >= 15 is 0 Å². The van der Waals surface area contributed by atoms with Crippen molar-refractivity contribution in [1.29, 1.82) is 0 Å². The van der Waals surface area contributed by atoms with Crippen LogP contribution in [-0.2, 0) is 11.2 Å². The molecule has 0 aliphatic heterocycles. The van der Waals surface area contributed by atoms with Crippen molar-refractivity contribution < 1.29 is 4.79 Å². The first-order valence-electron chi connectivity index (χ1n) is 7.38. The van der Waals surface area contributed by atoms with E-state index in [-0.39, 0.29) is 18.5 Å². The van der Waals surface area contributed by atoms with E-state index in [1.165, 1.54) is 5.56 Å². The number of carbonyl (C=O) groups excluding carboxylic acids is 1. The van der Waals surface area contributed by atoms with Gasteiger partial charge in [-0.25, -0.2) is 0 Å². The van der Waals surface area contributed by atoms with Gasteiger partial charge in [-0.05, 0) is 30.4 Å². The summed E-state index contributed by atoms with van der Waals surface area (Å²) in [4.78, 5) is 11.6. The third-order valence-electron chi connectivity index (χ3n) is 3.52. The number of nitrogens with one attached hydrogen (secondary N) is 1. The Bertz CT molecular complexity index is 540. The van der Waals surface area contributed by atoms with E-state index in [9.17, 15) is 4.79 Å². The van der Waals surface area contributed by atoms with Gasteiger partial charge in [-0.3, -0.25) is 4.79 Å². The Morgan fingerprint density at radius 1 is 1.00 bits per heavy atom. The van der Waals surface area contributed by atoms with Crippen molar-refractivity contribution in [3.63, 3.8) is 0 Å². The first-order valence-corrected chi connectivity index (χ1v) is 7.38. The zero-order valence-corrected chi connectivity index (χ0v) is 12.2. The maximum atomic E-state index is 11.6. The predicted octanol–water partition coefficient (Wildman–Crippen LogP) is 2.83. The molecule has 0 aliphatic carbocycles. The second-order valence-electron chi connectivity index (χ2n) is 5.11. The van der Waals surface area contributed by atoms with Gasteiger partial charge in [-0.1, -0.05) is 60.7 Å². The van der Waals surface area contributed by atoms with Crippen molar-refractivity contribution in [3.05, 3.63) is 71.8 Å². The number of nitrogens with two attached hydrogens (primary N) is 1. The first-order chi connectivity index (χ1) is 10.3. The van der Waals surface area contributed by atoms with Crippen LogP contribution in [0, 0.1) is 0 Å². The molecular formula is C18H22N2O. The van der Waals surface area contributed by atoms with Gasteiger partial charge < -0.3 is 11.1 Å². The fourth-order valence-electron chi connectivity index (χ4n) is 2.42. The third-order valence-corrected chi connectivity index (χ3v) is 3.52. The van der Waals surface area contributed by atoms with Crippen molar-refractivity contribution >= 4 is 5.91 Å². The molecule has 2 aromatic carbocycles. The molecule has 0 heterocycles. The summed E-state index contributed by atoms with van der Waals surface area (Å²) in [6, 6.07) is 20.5. The van der Waals surface area contributed by atoms with Crippen LogP contribution in [0.15, 0.2) is 60.7 Å².